The summed E-state index contributed by atoms with van der Waals surface area (Å²) in [5.74, 6) is 0.0966. The predicted molar refractivity (Wildman–Crippen MR) is 91.2 cm³/mol. The van der Waals surface area contributed by atoms with E-state index in [4.69, 9.17) is 0 Å². The minimum absolute atomic E-state index is 0.0966. The molecule has 1 aliphatic rings. The smallest absolute Gasteiger partial charge is 0.221 e. The summed E-state index contributed by atoms with van der Waals surface area (Å²) in [7, 11) is 2.14. The van der Waals surface area contributed by atoms with Gasteiger partial charge in [-0.15, -0.1) is 0 Å². The van der Waals surface area contributed by atoms with E-state index in [9.17, 15) is 4.79 Å². The standard InChI is InChI=1S/C17H25N5O/c1-13-3-4-15-14(11-13)16(20-19-15)12-18-17(23)5-6-22-9-7-21(2)8-10-22/h3-4,11H,5-10,12H2,1-2H3,(H,18,23)(H,19,20). The van der Waals surface area contributed by atoms with Crippen molar-refractivity contribution in [3.63, 3.8) is 0 Å². The Balaban J connectivity index is 1.47. The summed E-state index contributed by atoms with van der Waals surface area (Å²) in [4.78, 5) is 16.7. The van der Waals surface area contributed by atoms with Gasteiger partial charge in [-0.25, -0.2) is 0 Å². The van der Waals surface area contributed by atoms with Gasteiger partial charge in [-0.1, -0.05) is 11.6 Å². The predicted octanol–water partition coefficient (Wildman–Crippen LogP) is 1.13. The highest BCUT2D eigenvalue weighted by Crippen LogP contribution is 2.17. The van der Waals surface area contributed by atoms with Crippen LogP contribution in [-0.4, -0.2) is 65.7 Å². The first-order valence-electron chi connectivity index (χ1n) is 8.23. The Morgan fingerprint density at radius 3 is 2.87 bits per heavy atom. The summed E-state index contributed by atoms with van der Waals surface area (Å²) in [6.45, 7) is 7.67. The van der Waals surface area contributed by atoms with E-state index in [0.29, 0.717) is 13.0 Å². The van der Waals surface area contributed by atoms with Gasteiger partial charge in [0.05, 0.1) is 17.8 Å². The first-order valence-corrected chi connectivity index (χ1v) is 8.23. The highest BCUT2D eigenvalue weighted by Gasteiger charge is 2.14. The molecule has 2 aromatic rings. The van der Waals surface area contributed by atoms with E-state index in [2.05, 4.69) is 45.4 Å². The van der Waals surface area contributed by atoms with Crippen molar-refractivity contribution in [3.05, 3.63) is 29.5 Å². The molecule has 0 radical (unpaired) electrons. The van der Waals surface area contributed by atoms with Crippen LogP contribution in [0.1, 0.15) is 17.7 Å². The number of amides is 1. The number of hydrogen-bond acceptors (Lipinski definition) is 4. The Labute approximate surface area is 136 Å². The molecule has 1 amide bonds. The van der Waals surface area contributed by atoms with Crippen LogP contribution in [0.3, 0.4) is 0 Å². The average molecular weight is 315 g/mol. The lowest BCUT2D eigenvalue weighted by Crippen LogP contribution is -2.45. The van der Waals surface area contributed by atoms with Crippen molar-refractivity contribution in [2.24, 2.45) is 0 Å². The van der Waals surface area contributed by atoms with Crippen molar-refractivity contribution in [1.29, 1.82) is 0 Å². The molecule has 0 spiro atoms. The molecule has 6 nitrogen and oxygen atoms in total. The molecule has 0 bridgehead atoms. The van der Waals surface area contributed by atoms with Crippen molar-refractivity contribution >= 4 is 16.8 Å². The average Bonchev–Trinajstić information content (AvgIpc) is 2.94. The molecular formula is C17H25N5O. The molecule has 124 valence electrons. The molecule has 1 fully saturated rings. The molecule has 0 aliphatic carbocycles. The number of aromatic amines is 1. The highest BCUT2D eigenvalue weighted by molar-refractivity contribution is 5.83. The number of aryl methyl sites for hydroxylation is 1. The maximum Gasteiger partial charge on any atom is 0.221 e. The summed E-state index contributed by atoms with van der Waals surface area (Å²) >= 11 is 0. The minimum atomic E-state index is 0.0966. The molecule has 23 heavy (non-hydrogen) atoms. The van der Waals surface area contributed by atoms with Gasteiger partial charge in [0.25, 0.3) is 0 Å². The van der Waals surface area contributed by atoms with Gasteiger partial charge in [-0.2, -0.15) is 5.10 Å². The second kappa shape index (κ2) is 7.10. The number of nitrogens with one attached hydrogen (secondary N) is 2. The van der Waals surface area contributed by atoms with Gasteiger partial charge in [0.2, 0.25) is 5.91 Å². The van der Waals surface area contributed by atoms with E-state index in [-0.39, 0.29) is 5.91 Å². The zero-order valence-corrected chi connectivity index (χ0v) is 13.9. The van der Waals surface area contributed by atoms with Gasteiger partial charge in [0.1, 0.15) is 0 Å². The monoisotopic (exact) mass is 315 g/mol. The van der Waals surface area contributed by atoms with Gasteiger partial charge in [0, 0.05) is 44.5 Å². The topological polar surface area (TPSA) is 64.3 Å². The fourth-order valence-corrected chi connectivity index (χ4v) is 2.92. The van der Waals surface area contributed by atoms with Crippen molar-refractivity contribution < 1.29 is 4.79 Å². The molecule has 1 saturated heterocycles. The molecule has 0 atom stereocenters. The number of fused-ring (bicyclic) bond motifs is 1. The van der Waals surface area contributed by atoms with Crippen LogP contribution in [0.4, 0.5) is 0 Å². The van der Waals surface area contributed by atoms with E-state index in [0.717, 1.165) is 49.3 Å². The SMILES string of the molecule is Cc1ccc2n[nH]c(CNC(=O)CCN3CCN(C)CC3)c2c1. The van der Waals surface area contributed by atoms with Gasteiger partial charge in [-0.05, 0) is 26.1 Å². The molecule has 2 heterocycles. The number of likely N-dealkylation sites (N-methyl/N-ethyl adjacent to an activating group) is 1. The number of hydrogen-bond donors (Lipinski definition) is 2. The fraction of sp³-hybridized carbons (Fsp3) is 0.529. The molecular weight excluding hydrogens is 290 g/mol. The number of rotatable bonds is 5. The lowest BCUT2D eigenvalue weighted by atomic mass is 10.1. The van der Waals surface area contributed by atoms with E-state index in [1.807, 2.05) is 12.1 Å². The number of aromatic nitrogens is 2. The fourth-order valence-electron chi connectivity index (χ4n) is 2.92. The zero-order chi connectivity index (χ0) is 16.2. The Hall–Kier alpha value is -1.92. The molecule has 1 aromatic carbocycles. The third-order valence-corrected chi connectivity index (χ3v) is 4.50. The van der Waals surface area contributed by atoms with Gasteiger partial charge < -0.3 is 15.1 Å². The number of nitrogens with zero attached hydrogens (tertiary/aromatic N) is 3. The number of benzene rings is 1. The second-order valence-electron chi connectivity index (χ2n) is 6.39. The third-order valence-electron chi connectivity index (χ3n) is 4.50. The van der Waals surface area contributed by atoms with Crippen LogP contribution >= 0.6 is 0 Å². The summed E-state index contributed by atoms with van der Waals surface area (Å²) in [6.07, 6.45) is 0.550. The number of H-pyrrole nitrogens is 1. The first-order chi connectivity index (χ1) is 11.1. The maximum atomic E-state index is 12.1. The second-order valence-corrected chi connectivity index (χ2v) is 6.39. The van der Waals surface area contributed by atoms with Gasteiger partial charge in [0.15, 0.2) is 0 Å². The van der Waals surface area contributed by atoms with Gasteiger partial charge >= 0.3 is 0 Å². The maximum absolute atomic E-state index is 12.1. The number of carbonyl (C=O) groups is 1. The van der Waals surface area contributed by atoms with E-state index in [1.165, 1.54) is 5.56 Å². The van der Waals surface area contributed by atoms with E-state index >= 15 is 0 Å². The summed E-state index contributed by atoms with van der Waals surface area (Å²) in [6, 6.07) is 6.14. The lowest BCUT2D eigenvalue weighted by molar-refractivity contribution is -0.121. The largest absolute Gasteiger partial charge is 0.350 e. The Kier molecular flexibility index (Phi) is 4.93. The summed E-state index contributed by atoms with van der Waals surface area (Å²) in [5.41, 5.74) is 3.11. The van der Waals surface area contributed by atoms with E-state index in [1.54, 1.807) is 0 Å². The van der Waals surface area contributed by atoms with Crippen molar-refractivity contribution in [1.82, 2.24) is 25.3 Å². The van der Waals surface area contributed by atoms with Crippen LogP contribution < -0.4 is 5.32 Å². The lowest BCUT2D eigenvalue weighted by Gasteiger charge is -2.32. The zero-order valence-electron chi connectivity index (χ0n) is 13.9. The molecule has 6 heteroatoms. The molecule has 3 rings (SSSR count). The van der Waals surface area contributed by atoms with Gasteiger partial charge in [-0.3, -0.25) is 9.89 Å². The summed E-state index contributed by atoms with van der Waals surface area (Å²) in [5, 5.41) is 11.4. The van der Waals surface area contributed by atoms with Crippen LogP contribution in [0.5, 0.6) is 0 Å². The van der Waals surface area contributed by atoms with Crippen LogP contribution in [-0.2, 0) is 11.3 Å². The van der Waals surface area contributed by atoms with E-state index < -0.39 is 0 Å². The van der Waals surface area contributed by atoms with Crippen molar-refractivity contribution in [2.45, 2.75) is 19.9 Å². The number of piperazine rings is 1. The normalized spacial score (nSPS) is 16.8. The van der Waals surface area contributed by atoms with Crippen LogP contribution in [0, 0.1) is 6.92 Å². The Morgan fingerprint density at radius 1 is 1.30 bits per heavy atom. The third kappa shape index (κ3) is 4.09. The van der Waals surface area contributed by atoms with Crippen LogP contribution in [0.2, 0.25) is 0 Å². The van der Waals surface area contributed by atoms with Crippen LogP contribution in [0.15, 0.2) is 18.2 Å². The molecule has 0 unspecified atom stereocenters. The van der Waals surface area contributed by atoms with Crippen LogP contribution in [0.25, 0.3) is 10.9 Å². The molecule has 0 saturated carbocycles. The minimum Gasteiger partial charge on any atom is -0.350 e. The Bertz CT molecular complexity index is 673. The first kappa shape index (κ1) is 16.0. The molecule has 1 aliphatic heterocycles. The molecule has 1 aromatic heterocycles. The van der Waals surface area contributed by atoms with Crippen molar-refractivity contribution in [3.8, 4) is 0 Å². The Morgan fingerprint density at radius 2 is 2.09 bits per heavy atom. The number of carbonyl (C=O) groups excluding carboxylic acids is 1. The van der Waals surface area contributed by atoms with Crippen molar-refractivity contribution in [2.75, 3.05) is 39.8 Å². The quantitative estimate of drug-likeness (QED) is 0.868. The highest BCUT2D eigenvalue weighted by atomic mass is 16.1. The summed E-state index contributed by atoms with van der Waals surface area (Å²) < 4.78 is 0. The molecule has 2 N–H and O–H groups in total.